The molecule has 210 valence electrons. The van der Waals surface area contributed by atoms with Gasteiger partial charge in [-0.2, -0.15) is 14.4 Å². The van der Waals surface area contributed by atoms with Crippen LogP contribution in [0.2, 0.25) is 0 Å². The first-order valence-corrected chi connectivity index (χ1v) is 13.6. The van der Waals surface area contributed by atoms with Crippen LogP contribution in [0.1, 0.15) is 47.6 Å². The van der Waals surface area contributed by atoms with E-state index >= 15 is 0 Å². The number of hydrogen-bond donors (Lipinski definition) is 1. The van der Waals surface area contributed by atoms with Crippen molar-refractivity contribution in [3.05, 3.63) is 113 Å². The van der Waals surface area contributed by atoms with Gasteiger partial charge in [-0.3, -0.25) is 0 Å². The van der Waals surface area contributed by atoms with Crippen molar-refractivity contribution in [1.29, 1.82) is 0 Å². The number of rotatable bonds is 9. The van der Waals surface area contributed by atoms with Crippen LogP contribution in [0.3, 0.4) is 0 Å². The number of benzene rings is 3. The summed E-state index contributed by atoms with van der Waals surface area (Å²) in [5.74, 6) is -1.95. The Morgan fingerprint density at radius 3 is 2.15 bits per heavy atom. The van der Waals surface area contributed by atoms with Crippen LogP contribution in [0, 0.1) is 0 Å². The summed E-state index contributed by atoms with van der Waals surface area (Å²) in [6, 6.07) is 27.8. The minimum absolute atomic E-state index is 0.0652. The number of hydrogen-bond acceptors (Lipinski definition) is 6. The Hall–Kier alpha value is -3.98. The molecule has 0 bridgehead atoms. The molecular weight excluding hydrogens is 510 g/mol. The van der Waals surface area contributed by atoms with Gasteiger partial charge < -0.3 is 19.9 Å². The van der Waals surface area contributed by atoms with E-state index in [1.807, 2.05) is 6.07 Å². The van der Waals surface area contributed by atoms with Gasteiger partial charge in [0.05, 0.1) is 12.6 Å². The van der Waals surface area contributed by atoms with E-state index in [1.54, 1.807) is 0 Å². The van der Waals surface area contributed by atoms with Crippen LogP contribution >= 0.6 is 0 Å². The lowest BCUT2D eigenvalue weighted by atomic mass is 10.0. The molecule has 5 rings (SSSR count). The second-order valence-corrected chi connectivity index (χ2v) is 9.93. The molecule has 1 fully saturated rings. The maximum absolute atomic E-state index is 9.53. The summed E-state index contributed by atoms with van der Waals surface area (Å²) in [6.07, 6.45) is 6.49. The van der Waals surface area contributed by atoms with Crippen LogP contribution in [0.15, 0.2) is 91.0 Å². The Morgan fingerprint density at radius 1 is 0.925 bits per heavy atom. The average Bonchev–Trinajstić information content (AvgIpc) is 2.99. The van der Waals surface area contributed by atoms with Crippen LogP contribution in [-0.2, 0) is 32.2 Å². The predicted octanol–water partition coefficient (Wildman–Crippen LogP) is 4.19. The van der Waals surface area contributed by atoms with Crippen molar-refractivity contribution in [2.24, 2.45) is 0 Å². The highest BCUT2D eigenvalue weighted by molar-refractivity contribution is 5.88. The van der Waals surface area contributed by atoms with Crippen LogP contribution in [-0.4, -0.2) is 47.9 Å². The summed E-state index contributed by atoms with van der Waals surface area (Å²) in [5.41, 5.74) is 5.02. The van der Waals surface area contributed by atoms with E-state index in [0.717, 1.165) is 38.2 Å². The fraction of sp³-hybridized carbons (Fsp3) is 0.312. The van der Waals surface area contributed by atoms with E-state index in [9.17, 15) is 14.7 Å². The lowest BCUT2D eigenvalue weighted by molar-refractivity contribution is -1.11. The highest BCUT2D eigenvalue weighted by Gasteiger charge is 2.36. The zero-order valence-electron chi connectivity index (χ0n) is 22.4. The fourth-order valence-corrected chi connectivity index (χ4v) is 5.06. The zero-order valence-corrected chi connectivity index (χ0v) is 22.4. The van der Waals surface area contributed by atoms with Gasteiger partial charge in [-0.15, -0.1) is 0 Å². The van der Waals surface area contributed by atoms with Gasteiger partial charge >= 0.3 is 5.97 Å². The lowest BCUT2D eigenvalue weighted by Crippen LogP contribution is -2.53. The van der Waals surface area contributed by atoms with Gasteiger partial charge in [0.2, 0.25) is 0 Å². The van der Waals surface area contributed by atoms with Crippen molar-refractivity contribution in [2.75, 3.05) is 26.2 Å². The zero-order chi connectivity index (χ0) is 28.2. The van der Waals surface area contributed by atoms with Gasteiger partial charge in [-0.05, 0) is 48.1 Å². The van der Waals surface area contributed by atoms with Crippen molar-refractivity contribution in [2.45, 2.75) is 38.2 Å². The Morgan fingerprint density at radius 2 is 1.57 bits per heavy atom. The molecule has 2 heterocycles. The van der Waals surface area contributed by atoms with Crippen molar-refractivity contribution in [1.82, 2.24) is 0 Å². The minimum Gasteiger partial charge on any atom is -0.545 e. The van der Waals surface area contributed by atoms with Crippen LogP contribution in [0.25, 0.3) is 0 Å². The molecule has 3 aromatic carbocycles. The van der Waals surface area contributed by atoms with Gasteiger partial charge in [0, 0.05) is 24.5 Å². The molecule has 2 aliphatic rings. The number of quaternary nitrogens is 1. The Labute approximate surface area is 234 Å². The molecule has 40 heavy (non-hydrogen) atoms. The van der Waals surface area contributed by atoms with Gasteiger partial charge in [0.25, 0.3) is 0 Å². The average molecular weight is 546 g/mol. The van der Waals surface area contributed by atoms with Crippen molar-refractivity contribution >= 4 is 11.9 Å². The molecule has 0 amide bonds. The quantitative estimate of drug-likeness (QED) is 0.244. The number of hydroxylamine groups is 3. The SMILES string of the molecule is O=C([O-])C=CC(=O)O.c1ccc(C(O[N+]2(CCc3ccc4c(c3)CCOO4)CCCCC2)c2ccccc2)cc1. The van der Waals surface area contributed by atoms with Gasteiger partial charge in [0.15, 0.2) is 11.9 Å². The van der Waals surface area contributed by atoms with E-state index in [0.29, 0.717) is 23.4 Å². The summed E-state index contributed by atoms with van der Waals surface area (Å²) >= 11 is 0. The van der Waals surface area contributed by atoms with E-state index in [2.05, 4.69) is 72.8 Å². The third-order valence-corrected chi connectivity index (χ3v) is 7.06. The van der Waals surface area contributed by atoms with E-state index < -0.39 is 11.9 Å². The minimum atomic E-state index is -1.51. The number of aliphatic carboxylic acids is 2. The highest BCUT2D eigenvalue weighted by Crippen LogP contribution is 2.33. The number of fused-ring (bicyclic) bond motifs is 1. The summed E-state index contributed by atoms with van der Waals surface area (Å²) in [6.45, 7) is 3.73. The van der Waals surface area contributed by atoms with Crippen molar-refractivity contribution in [3.63, 3.8) is 0 Å². The summed E-state index contributed by atoms with van der Waals surface area (Å²) < 4.78 is 0.713. The standard InChI is InChI=1S/C28H32NO3.C4H4O4/c1-4-10-24(11-5-1)28(25-12-6-2-7-13-25)31-29(18-8-3-9-19-29)20-16-23-14-15-27-26(22-23)17-21-30-32-27;5-3(6)1-2-4(7)8/h1-2,4-7,10-15,22,28H,3,8-9,16-21H2;1-2H,(H,5,6)(H,7,8)/q+1;/p-1. The third-order valence-electron chi connectivity index (χ3n) is 7.06. The normalized spacial score (nSPS) is 15.9. The Kier molecular flexibility index (Phi) is 10.5. The first kappa shape index (κ1) is 29.0. The molecule has 1 saturated heterocycles. The number of carboxylic acid groups (broad SMARTS) is 2. The molecule has 0 unspecified atom stereocenters. The maximum atomic E-state index is 9.53. The summed E-state index contributed by atoms with van der Waals surface area (Å²) in [4.78, 5) is 36.5. The van der Waals surface area contributed by atoms with Crippen molar-refractivity contribution in [3.8, 4) is 5.75 Å². The molecular formula is C32H35NO7. The molecule has 0 aromatic heterocycles. The Bertz CT molecular complexity index is 1220. The molecule has 8 heteroatoms. The Balaban J connectivity index is 0.000000406. The van der Waals surface area contributed by atoms with E-state index in [-0.39, 0.29) is 6.10 Å². The van der Waals surface area contributed by atoms with Gasteiger partial charge in [-0.1, -0.05) is 72.8 Å². The molecule has 2 aliphatic heterocycles. The maximum Gasteiger partial charge on any atom is 0.328 e. The predicted molar refractivity (Wildman–Crippen MR) is 147 cm³/mol. The second-order valence-electron chi connectivity index (χ2n) is 9.93. The number of piperidine rings is 1. The first-order chi connectivity index (χ1) is 19.4. The number of likely N-dealkylation sites (tertiary alicyclic amines) is 1. The van der Waals surface area contributed by atoms with Crippen LogP contribution in [0.5, 0.6) is 5.75 Å². The molecule has 0 aliphatic carbocycles. The van der Waals surface area contributed by atoms with Crippen LogP contribution in [0.4, 0.5) is 0 Å². The van der Waals surface area contributed by atoms with Gasteiger partial charge in [-0.25, -0.2) is 4.79 Å². The lowest BCUT2D eigenvalue weighted by Gasteiger charge is -2.41. The van der Waals surface area contributed by atoms with Gasteiger partial charge in [0.1, 0.15) is 19.6 Å². The molecule has 0 spiro atoms. The fourth-order valence-electron chi connectivity index (χ4n) is 5.06. The molecule has 0 radical (unpaired) electrons. The van der Waals surface area contributed by atoms with Crippen LogP contribution < -0.4 is 9.99 Å². The largest absolute Gasteiger partial charge is 0.545 e. The van der Waals surface area contributed by atoms with E-state index in [4.69, 9.17) is 19.7 Å². The molecule has 0 saturated carbocycles. The highest BCUT2D eigenvalue weighted by atomic mass is 17.2. The van der Waals surface area contributed by atoms with Crippen molar-refractivity contribution < 1.29 is 39.1 Å². The first-order valence-electron chi connectivity index (χ1n) is 13.6. The number of carboxylic acids is 2. The molecule has 8 nitrogen and oxygen atoms in total. The molecule has 3 aromatic rings. The molecule has 0 atom stereocenters. The summed E-state index contributed by atoms with van der Waals surface area (Å²) in [5, 5.41) is 17.2. The smallest absolute Gasteiger partial charge is 0.328 e. The number of carbonyl (C=O) groups is 2. The monoisotopic (exact) mass is 545 g/mol. The summed E-state index contributed by atoms with van der Waals surface area (Å²) in [7, 11) is 0. The number of nitrogens with zero attached hydrogens (tertiary/aromatic N) is 1. The molecule has 1 N–H and O–H groups in total. The third kappa shape index (κ3) is 8.51. The van der Waals surface area contributed by atoms with E-state index in [1.165, 1.54) is 41.5 Å². The number of carbonyl (C=O) groups excluding carboxylic acids is 1. The second kappa shape index (κ2) is 14.4. The topological polar surface area (TPSA) is 105 Å².